The van der Waals surface area contributed by atoms with Crippen LogP contribution in [0.25, 0.3) is 0 Å². The highest BCUT2D eigenvalue weighted by atomic mass is 16.5. The first-order chi connectivity index (χ1) is 8.52. The molecule has 0 aliphatic rings. The summed E-state index contributed by atoms with van der Waals surface area (Å²) in [5.41, 5.74) is 7.38. The Morgan fingerprint density at radius 2 is 1.83 bits per heavy atom. The second kappa shape index (κ2) is 6.76. The van der Waals surface area contributed by atoms with Crippen molar-refractivity contribution in [1.29, 1.82) is 0 Å². The smallest absolute Gasteiger partial charge is 0.123 e. The molecule has 0 radical (unpaired) electrons. The number of hydrogen-bond acceptors (Lipinski definition) is 3. The number of nitrogens with two attached hydrogens (primary N) is 1. The molecule has 3 nitrogen and oxygen atoms in total. The van der Waals surface area contributed by atoms with Crippen LogP contribution in [0.5, 0.6) is 5.75 Å². The Labute approximate surface area is 111 Å². The Morgan fingerprint density at radius 1 is 1.22 bits per heavy atom. The lowest BCUT2D eigenvalue weighted by Crippen LogP contribution is -2.43. The highest BCUT2D eigenvalue weighted by Gasteiger charge is 2.27. The van der Waals surface area contributed by atoms with E-state index in [0.29, 0.717) is 6.04 Å². The lowest BCUT2D eigenvalue weighted by molar-refractivity contribution is 0.141. The molecule has 0 saturated carbocycles. The van der Waals surface area contributed by atoms with Crippen molar-refractivity contribution in [3.63, 3.8) is 0 Å². The van der Waals surface area contributed by atoms with Crippen molar-refractivity contribution in [3.05, 3.63) is 29.8 Å². The van der Waals surface area contributed by atoms with Crippen molar-refractivity contribution in [2.45, 2.75) is 45.8 Å². The number of para-hydroxylation sites is 1. The second-order valence-corrected chi connectivity index (χ2v) is 4.97. The maximum atomic E-state index is 6.21. The van der Waals surface area contributed by atoms with Gasteiger partial charge in [-0.15, -0.1) is 0 Å². The number of rotatable bonds is 6. The predicted molar refractivity (Wildman–Crippen MR) is 76.9 cm³/mol. The van der Waals surface area contributed by atoms with Gasteiger partial charge >= 0.3 is 0 Å². The van der Waals surface area contributed by atoms with Gasteiger partial charge in [0.1, 0.15) is 5.75 Å². The van der Waals surface area contributed by atoms with Crippen LogP contribution in [0.1, 0.15) is 39.3 Å². The predicted octanol–water partition coefficient (Wildman–Crippen LogP) is 2.81. The maximum Gasteiger partial charge on any atom is 0.123 e. The van der Waals surface area contributed by atoms with Gasteiger partial charge in [-0.05, 0) is 33.4 Å². The Hall–Kier alpha value is -1.06. The summed E-state index contributed by atoms with van der Waals surface area (Å²) >= 11 is 0. The normalized spacial score (nSPS) is 14.9. The maximum absolute atomic E-state index is 6.21. The van der Waals surface area contributed by atoms with Crippen molar-refractivity contribution in [3.8, 4) is 5.75 Å². The molecule has 0 fully saturated rings. The molecule has 1 aromatic rings. The summed E-state index contributed by atoms with van der Waals surface area (Å²) in [6.07, 6.45) is 0. The van der Waals surface area contributed by atoms with Crippen LogP contribution in [0.3, 0.4) is 0 Å². The molecule has 2 atom stereocenters. The molecule has 18 heavy (non-hydrogen) atoms. The highest BCUT2D eigenvalue weighted by Crippen LogP contribution is 2.32. The van der Waals surface area contributed by atoms with Gasteiger partial charge in [0, 0.05) is 17.6 Å². The number of nitrogens with zero attached hydrogens (tertiary/aromatic N) is 1. The van der Waals surface area contributed by atoms with Gasteiger partial charge in [-0.1, -0.05) is 25.1 Å². The lowest BCUT2D eigenvalue weighted by atomic mass is 9.97. The standard InChI is InChI=1S/C15H26N2O/c1-6-17(11(2)3)15(12(4)16)13-9-7-8-10-14(13)18-5/h7-12,15H,6,16H2,1-5H3. The van der Waals surface area contributed by atoms with Crippen molar-refractivity contribution >= 4 is 0 Å². The van der Waals surface area contributed by atoms with Gasteiger partial charge in [-0.3, -0.25) is 4.90 Å². The molecule has 0 bridgehead atoms. The Bertz CT molecular complexity index is 363. The summed E-state index contributed by atoms with van der Waals surface area (Å²) in [6, 6.07) is 8.84. The summed E-state index contributed by atoms with van der Waals surface area (Å²) < 4.78 is 5.47. The van der Waals surface area contributed by atoms with Crippen LogP contribution in [0.4, 0.5) is 0 Å². The summed E-state index contributed by atoms with van der Waals surface area (Å²) in [5, 5.41) is 0. The van der Waals surface area contributed by atoms with Crippen LogP contribution in [0.15, 0.2) is 24.3 Å². The molecule has 0 aliphatic heterocycles. The fourth-order valence-electron chi connectivity index (χ4n) is 2.56. The molecule has 0 aromatic heterocycles. The molecule has 0 spiro atoms. The van der Waals surface area contributed by atoms with Gasteiger partial charge in [0.05, 0.1) is 13.2 Å². The molecular weight excluding hydrogens is 224 g/mol. The van der Waals surface area contributed by atoms with E-state index < -0.39 is 0 Å². The number of methoxy groups -OCH3 is 1. The molecule has 1 rings (SSSR count). The van der Waals surface area contributed by atoms with E-state index in [1.54, 1.807) is 7.11 Å². The van der Waals surface area contributed by atoms with E-state index in [2.05, 4.69) is 38.7 Å². The van der Waals surface area contributed by atoms with Gasteiger partial charge in [0.15, 0.2) is 0 Å². The van der Waals surface area contributed by atoms with Gasteiger partial charge in [-0.25, -0.2) is 0 Å². The summed E-state index contributed by atoms with van der Waals surface area (Å²) in [5.74, 6) is 0.916. The van der Waals surface area contributed by atoms with E-state index in [-0.39, 0.29) is 12.1 Å². The van der Waals surface area contributed by atoms with Crippen LogP contribution < -0.4 is 10.5 Å². The van der Waals surface area contributed by atoms with E-state index >= 15 is 0 Å². The number of ether oxygens (including phenoxy) is 1. The fraction of sp³-hybridized carbons (Fsp3) is 0.600. The van der Waals surface area contributed by atoms with E-state index in [0.717, 1.165) is 12.3 Å². The number of likely N-dealkylation sites (N-methyl/N-ethyl adjacent to an activating group) is 1. The van der Waals surface area contributed by atoms with E-state index in [1.807, 2.05) is 18.2 Å². The monoisotopic (exact) mass is 250 g/mol. The quantitative estimate of drug-likeness (QED) is 0.843. The van der Waals surface area contributed by atoms with Crippen LogP contribution in [-0.4, -0.2) is 30.6 Å². The molecular formula is C15H26N2O. The number of benzene rings is 1. The highest BCUT2D eigenvalue weighted by molar-refractivity contribution is 5.36. The van der Waals surface area contributed by atoms with Crippen LogP contribution in [0.2, 0.25) is 0 Å². The molecule has 0 amide bonds. The zero-order chi connectivity index (χ0) is 13.7. The Morgan fingerprint density at radius 3 is 2.28 bits per heavy atom. The minimum absolute atomic E-state index is 0.0589. The van der Waals surface area contributed by atoms with Gasteiger partial charge in [0.25, 0.3) is 0 Å². The Balaban J connectivity index is 3.19. The first-order valence-corrected chi connectivity index (χ1v) is 6.67. The molecule has 2 N–H and O–H groups in total. The minimum Gasteiger partial charge on any atom is -0.496 e. The second-order valence-electron chi connectivity index (χ2n) is 4.97. The lowest BCUT2D eigenvalue weighted by Gasteiger charge is -2.37. The van der Waals surface area contributed by atoms with Gasteiger partial charge in [0.2, 0.25) is 0 Å². The third-order valence-corrected chi connectivity index (χ3v) is 3.34. The zero-order valence-electron chi connectivity index (χ0n) is 12.2. The van der Waals surface area contributed by atoms with Crippen molar-refractivity contribution in [2.24, 2.45) is 5.73 Å². The summed E-state index contributed by atoms with van der Waals surface area (Å²) in [7, 11) is 1.71. The summed E-state index contributed by atoms with van der Waals surface area (Å²) in [6.45, 7) is 9.61. The van der Waals surface area contributed by atoms with Gasteiger partial charge in [-0.2, -0.15) is 0 Å². The largest absolute Gasteiger partial charge is 0.496 e. The van der Waals surface area contributed by atoms with Crippen molar-refractivity contribution in [1.82, 2.24) is 4.90 Å². The van der Waals surface area contributed by atoms with Crippen molar-refractivity contribution < 1.29 is 4.74 Å². The molecule has 0 saturated heterocycles. The van der Waals surface area contributed by atoms with E-state index in [4.69, 9.17) is 10.5 Å². The molecule has 0 heterocycles. The first-order valence-electron chi connectivity index (χ1n) is 6.67. The SMILES string of the molecule is CCN(C(C)C)C(c1ccccc1OC)C(C)N. The van der Waals surface area contributed by atoms with E-state index in [9.17, 15) is 0 Å². The molecule has 0 aliphatic carbocycles. The van der Waals surface area contributed by atoms with Gasteiger partial charge < -0.3 is 10.5 Å². The third-order valence-electron chi connectivity index (χ3n) is 3.34. The first kappa shape index (κ1) is 15.0. The molecule has 102 valence electrons. The zero-order valence-corrected chi connectivity index (χ0v) is 12.2. The van der Waals surface area contributed by atoms with E-state index in [1.165, 1.54) is 5.56 Å². The summed E-state index contributed by atoms with van der Waals surface area (Å²) in [4.78, 5) is 2.41. The molecule has 1 aromatic carbocycles. The molecule has 3 heteroatoms. The average molecular weight is 250 g/mol. The number of hydrogen-bond donors (Lipinski definition) is 1. The van der Waals surface area contributed by atoms with Crippen molar-refractivity contribution in [2.75, 3.05) is 13.7 Å². The van der Waals surface area contributed by atoms with Crippen LogP contribution >= 0.6 is 0 Å². The average Bonchev–Trinajstić information content (AvgIpc) is 2.34. The minimum atomic E-state index is 0.0589. The fourth-order valence-corrected chi connectivity index (χ4v) is 2.56. The Kier molecular flexibility index (Phi) is 5.63. The van der Waals surface area contributed by atoms with Crippen LogP contribution in [-0.2, 0) is 0 Å². The third kappa shape index (κ3) is 3.24. The van der Waals surface area contributed by atoms with Crippen LogP contribution in [0, 0.1) is 0 Å². The topological polar surface area (TPSA) is 38.5 Å². The molecule has 2 unspecified atom stereocenters.